The molecule has 0 aliphatic carbocycles. The van der Waals surface area contributed by atoms with Gasteiger partial charge in [-0.05, 0) is 25.1 Å². The Balaban J connectivity index is 2.07. The minimum Gasteiger partial charge on any atom is -0.409 e. The molecule has 0 fully saturated rings. The Morgan fingerprint density at radius 3 is 3.24 bits per heavy atom. The topological polar surface area (TPSA) is 83.5 Å². The van der Waals surface area contributed by atoms with Gasteiger partial charge in [-0.1, -0.05) is 5.16 Å². The second kappa shape index (κ2) is 5.01. The predicted octanol–water partition coefficient (Wildman–Crippen LogP) is 2.23. The molecule has 0 aliphatic heterocycles. The molecule has 2 rings (SSSR count). The number of fused-ring (bicyclic) bond motifs is 1. The molecule has 0 radical (unpaired) electrons. The SMILES string of the molecule is CC(C/C(N)=N/O)Nc1ccc2ncsc2c1. The highest BCUT2D eigenvalue weighted by Crippen LogP contribution is 2.22. The van der Waals surface area contributed by atoms with Crippen LogP contribution in [0.3, 0.4) is 0 Å². The number of nitrogens with zero attached hydrogens (tertiary/aromatic N) is 2. The Morgan fingerprint density at radius 2 is 2.47 bits per heavy atom. The molecule has 5 nitrogen and oxygen atoms in total. The monoisotopic (exact) mass is 250 g/mol. The maximum Gasteiger partial charge on any atom is 0.141 e. The van der Waals surface area contributed by atoms with Gasteiger partial charge in [0.25, 0.3) is 0 Å². The first kappa shape index (κ1) is 11.7. The van der Waals surface area contributed by atoms with Gasteiger partial charge in [-0.3, -0.25) is 0 Å². The summed E-state index contributed by atoms with van der Waals surface area (Å²) in [6, 6.07) is 6.11. The van der Waals surface area contributed by atoms with E-state index in [1.54, 1.807) is 11.3 Å². The van der Waals surface area contributed by atoms with Crippen LogP contribution in [-0.2, 0) is 0 Å². The van der Waals surface area contributed by atoms with Gasteiger partial charge < -0.3 is 16.3 Å². The molecule has 4 N–H and O–H groups in total. The summed E-state index contributed by atoms with van der Waals surface area (Å²) in [6.45, 7) is 1.98. The van der Waals surface area contributed by atoms with Crippen molar-refractivity contribution in [1.29, 1.82) is 0 Å². The Morgan fingerprint density at radius 1 is 1.65 bits per heavy atom. The van der Waals surface area contributed by atoms with E-state index in [-0.39, 0.29) is 11.9 Å². The van der Waals surface area contributed by atoms with Crippen molar-refractivity contribution in [3.8, 4) is 0 Å². The molecule has 6 heteroatoms. The van der Waals surface area contributed by atoms with Crippen molar-refractivity contribution in [2.75, 3.05) is 5.32 Å². The van der Waals surface area contributed by atoms with Gasteiger partial charge in [0.05, 0.1) is 15.7 Å². The predicted molar refractivity (Wildman–Crippen MR) is 70.7 cm³/mol. The smallest absolute Gasteiger partial charge is 0.141 e. The number of rotatable bonds is 4. The van der Waals surface area contributed by atoms with E-state index in [4.69, 9.17) is 10.9 Å². The Labute approximate surface area is 103 Å². The van der Waals surface area contributed by atoms with E-state index >= 15 is 0 Å². The van der Waals surface area contributed by atoms with Crippen molar-refractivity contribution in [3.63, 3.8) is 0 Å². The van der Waals surface area contributed by atoms with Crippen LogP contribution in [0.15, 0.2) is 28.9 Å². The van der Waals surface area contributed by atoms with Gasteiger partial charge in [-0.25, -0.2) is 4.98 Å². The fourth-order valence-corrected chi connectivity index (χ4v) is 2.35. The second-order valence-electron chi connectivity index (χ2n) is 3.88. The Kier molecular flexibility index (Phi) is 3.43. The number of anilines is 1. The molecule has 2 aromatic rings. The largest absolute Gasteiger partial charge is 0.409 e. The highest BCUT2D eigenvalue weighted by atomic mass is 32.1. The fraction of sp³-hybridized carbons (Fsp3) is 0.273. The first-order valence-corrected chi connectivity index (χ1v) is 6.13. The van der Waals surface area contributed by atoms with Crippen molar-refractivity contribution in [2.45, 2.75) is 19.4 Å². The zero-order valence-corrected chi connectivity index (χ0v) is 10.2. The average molecular weight is 250 g/mol. The lowest BCUT2D eigenvalue weighted by Gasteiger charge is -2.14. The van der Waals surface area contributed by atoms with Crippen LogP contribution in [0, 0.1) is 0 Å². The van der Waals surface area contributed by atoms with Gasteiger partial charge in [0.1, 0.15) is 5.84 Å². The second-order valence-corrected chi connectivity index (χ2v) is 4.76. The number of benzene rings is 1. The lowest BCUT2D eigenvalue weighted by molar-refractivity contribution is 0.316. The summed E-state index contributed by atoms with van der Waals surface area (Å²) < 4.78 is 1.14. The zero-order valence-electron chi connectivity index (χ0n) is 9.42. The summed E-state index contributed by atoms with van der Waals surface area (Å²) in [7, 11) is 0. The highest BCUT2D eigenvalue weighted by molar-refractivity contribution is 7.16. The standard InChI is InChI=1S/C11H14N4OS/c1-7(4-11(12)15-16)14-8-2-3-9-10(5-8)17-6-13-9/h2-3,5-7,14,16H,4H2,1H3,(H2,12,15). The molecular formula is C11H14N4OS. The Hall–Kier alpha value is -1.82. The number of thiazole rings is 1. The van der Waals surface area contributed by atoms with E-state index in [9.17, 15) is 0 Å². The molecule has 0 aliphatic rings. The van der Waals surface area contributed by atoms with E-state index in [2.05, 4.69) is 21.5 Å². The third kappa shape index (κ3) is 2.85. The van der Waals surface area contributed by atoms with E-state index in [0.29, 0.717) is 6.42 Å². The molecule has 90 valence electrons. The first-order valence-electron chi connectivity index (χ1n) is 5.25. The summed E-state index contributed by atoms with van der Waals surface area (Å²) in [5, 5.41) is 14.7. The lowest BCUT2D eigenvalue weighted by Crippen LogP contribution is -2.24. The molecule has 0 saturated heterocycles. The van der Waals surface area contributed by atoms with Crippen LogP contribution >= 0.6 is 11.3 Å². The van der Waals surface area contributed by atoms with Crippen LogP contribution in [0.4, 0.5) is 5.69 Å². The molecule has 0 amide bonds. The van der Waals surface area contributed by atoms with Crippen molar-refractivity contribution in [1.82, 2.24) is 4.98 Å². The number of amidine groups is 1. The first-order chi connectivity index (χ1) is 8.19. The van der Waals surface area contributed by atoms with Crippen LogP contribution in [0.5, 0.6) is 0 Å². The molecule has 0 spiro atoms. The van der Waals surface area contributed by atoms with Crippen LogP contribution < -0.4 is 11.1 Å². The highest BCUT2D eigenvalue weighted by Gasteiger charge is 2.06. The summed E-state index contributed by atoms with van der Waals surface area (Å²) in [5.74, 6) is 0.226. The van der Waals surface area contributed by atoms with E-state index in [0.717, 1.165) is 15.9 Å². The molecular weight excluding hydrogens is 236 g/mol. The maximum atomic E-state index is 8.49. The van der Waals surface area contributed by atoms with Crippen LogP contribution in [-0.4, -0.2) is 22.1 Å². The summed E-state index contributed by atoms with van der Waals surface area (Å²) >= 11 is 1.61. The number of hydrogen-bond acceptors (Lipinski definition) is 5. The molecule has 0 bridgehead atoms. The van der Waals surface area contributed by atoms with Crippen LogP contribution in [0.2, 0.25) is 0 Å². The van der Waals surface area contributed by atoms with E-state index in [1.807, 2.05) is 24.6 Å². The zero-order chi connectivity index (χ0) is 12.3. The quantitative estimate of drug-likeness (QED) is 0.336. The summed E-state index contributed by atoms with van der Waals surface area (Å²) in [4.78, 5) is 4.22. The fourth-order valence-electron chi connectivity index (χ4n) is 1.63. The number of nitrogens with two attached hydrogens (primary N) is 1. The van der Waals surface area contributed by atoms with Gasteiger partial charge in [0.2, 0.25) is 0 Å². The minimum atomic E-state index is 0.108. The van der Waals surface area contributed by atoms with Crippen molar-refractivity contribution >= 4 is 33.1 Å². The number of hydrogen-bond donors (Lipinski definition) is 3. The van der Waals surface area contributed by atoms with Gasteiger partial charge in [0.15, 0.2) is 0 Å². The third-order valence-electron chi connectivity index (χ3n) is 2.39. The third-order valence-corrected chi connectivity index (χ3v) is 3.18. The average Bonchev–Trinajstić information content (AvgIpc) is 2.75. The van der Waals surface area contributed by atoms with Crippen molar-refractivity contribution in [3.05, 3.63) is 23.7 Å². The number of nitrogens with one attached hydrogen (secondary N) is 1. The van der Waals surface area contributed by atoms with Gasteiger partial charge in [-0.15, -0.1) is 11.3 Å². The maximum absolute atomic E-state index is 8.49. The molecule has 0 saturated carbocycles. The molecule has 1 aromatic carbocycles. The minimum absolute atomic E-state index is 0.108. The number of aromatic nitrogens is 1. The molecule has 1 aromatic heterocycles. The normalized spacial score (nSPS) is 13.8. The van der Waals surface area contributed by atoms with Crippen molar-refractivity contribution < 1.29 is 5.21 Å². The summed E-state index contributed by atoms with van der Waals surface area (Å²) in [5.41, 5.74) is 9.30. The van der Waals surface area contributed by atoms with Crippen LogP contribution in [0.1, 0.15) is 13.3 Å². The molecule has 17 heavy (non-hydrogen) atoms. The van der Waals surface area contributed by atoms with Crippen molar-refractivity contribution in [2.24, 2.45) is 10.9 Å². The van der Waals surface area contributed by atoms with E-state index in [1.165, 1.54) is 0 Å². The van der Waals surface area contributed by atoms with Gasteiger partial charge in [-0.2, -0.15) is 0 Å². The Bertz CT molecular complexity index is 537. The summed E-state index contributed by atoms with van der Waals surface area (Å²) in [6.07, 6.45) is 0.497. The molecule has 1 heterocycles. The molecule has 1 atom stereocenters. The van der Waals surface area contributed by atoms with E-state index < -0.39 is 0 Å². The lowest BCUT2D eigenvalue weighted by atomic mass is 10.2. The molecule has 1 unspecified atom stereocenters. The van der Waals surface area contributed by atoms with Crippen LogP contribution in [0.25, 0.3) is 10.2 Å². The number of oxime groups is 1. The van der Waals surface area contributed by atoms with Gasteiger partial charge in [0, 0.05) is 18.2 Å². The van der Waals surface area contributed by atoms with Gasteiger partial charge >= 0.3 is 0 Å².